The first-order valence-electron chi connectivity index (χ1n) is 9.96. The highest BCUT2D eigenvalue weighted by Crippen LogP contribution is 2.22. The van der Waals surface area contributed by atoms with E-state index in [1.165, 1.54) is 0 Å². The second kappa shape index (κ2) is 8.00. The van der Waals surface area contributed by atoms with Crippen LogP contribution >= 0.6 is 0 Å². The Bertz CT molecular complexity index is 1400. The molecule has 0 aliphatic heterocycles. The molecule has 31 heavy (non-hydrogen) atoms. The summed E-state index contributed by atoms with van der Waals surface area (Å²) in [4.78, 5) is 22.3. The third-order valence-electron chi connectivity index (χ3n) is 5.20. The van der Waals surface area contributed by atoms with Gasteiger partial charge in [0.1, 0.15) is 5.52 Å². The number of aliphatic hydroxyl groups excluding tert-OH is 1. The number of fused-ring (bicyclic) bond motifs is 3. The van der Waals surface area contributed by atoms with Crippen molar-refractivity contribution in [3.05, 3.63) is 89.0 Å². The summed E-state index contributed by atoms with van der Waals surface area (Å²) in [7, 11) is 0. The first kappa shape index (κ1) is 19.0. The Hall–Kier alpha value is -4.04. The quantitative estimate of drug-likeness (QED) is 0.396. The number of pyridine rings is 1. The number of para-hydroxylation sites is 1. The van der Waals surface area contributed by atoms with Crippen LogP contribution in [0, 0.1) is 0 Å². The Balaban J connectivity index is 1.61. The Kier molecular flexibility index (Phi) is 4.89. The van der Waals surface area contributed by atoms with Gasteiger partial charge in [0.05, 0.1) is 29.1 Å². The average Bonchev–Trinajstić information content (AvgIpc) is 3.31. The fourth-order valence-corrected chi connectivity index (χ4v) is 3.71. The molecule has 2 aromatic carbocycles. The molecule has 0 unspecified atom stereocenters. The number of aromatic nitrogens is 5. The van der Waals surface area contributed by atoms with E-state index < -0.39 is 0 Å². The van der Waals surface area contributed by atoms with Crippen molar-refractivity contribution in [1.29, 1.82) is 0 Å². The van der Waals surface area contributed by atoms with E-state index in [9.17, 15) is 9.90 Å². The lowest BCUT2D eigenvalue weighted by Gasteiger charge is -2.17. The molecule has 3 N–H and O–H groups in total. The van der Waals surface area contributed by atoms with Gasteiger partial charge >= 0.3 is 0 Å². The molecule has 3 aromatic heterocycles. The fourth-order valence-electron chi connectivity index (χ4n) is 3.71. The molecule has 154 valence electrons. The summed E-state index contributed by atoms with van der Waals surface area (Å²) in [5.74, 6) is 0.335. The van der Waals surface area contributed by atoms with Gasteiger partial charge in [-0.3, -0.25) is 14.5 Å². The first-order valence-corrected chi connectivity index (χ1v) is 9.96. The predicted molar refractivity (Wildman–Crippen MR) is 119 cm³/mol. The molecule has 0 radical (unpaired) electrons. The summed E-state index contributed by atoms with van der Waals surface area (Å²) in [5.41, 5.74) is 2.56. The molecule has 5 rings (SSSR count). The first-order chi connectivity index (χ1) is 15.2. The van der Waals surface area contributed by atoms with Crippen molar-refractivity contribution in [2.75, 3.05) is 11.9 Å². The molecular weight excluding hydrogens is 392 g/mol. The van der Waals surface area contributed by atoms with Crippen molar-refractivity contribution in [3.63, 3.8) is 0 Å². The van der Waals surface area contributed by atoms with Gasteiger partial charge in [-0.2, -0.15) is 10.1 Å². The molecule has 0 amide bonds. The smallest absolute Gasteiger partial charge is 0.267 e. The minimum absolute atomic E-state index is 0.0832. The van der Waals surface area contributed by atoms with Gasteiger partial charge in [-0.25, -0.2) is 4.98 Å². The molecule has 0 bridgehead atoms. The maximum Gasteiger partial charge on any atom is 0.267 e. The summed E-state index contributed by atoms with van der Waals surface area (Å²) >= 11 is 0. The number of nitrogens with one attached hydrogen (secondary N) is 2. The normalized spacial score (nSPS) is 12.3. The zero-order chi connectivity index (χ0) is 21.2. The third kappa shape index (κ3) is 3.53. The summed E-state index contributed by atoms with van der Waals surface area (Å²) in [6.07, 6.45) is 3.86. The van der Waals surface area contributed by atoms with E-state index in [-0.39, 0.29) is 18.2 Å². The Labute approximate surface area is 177 Å². The van der Waals surface area contributed by atoms with Crippen LogP contribution in [0.15, 0.2) is 77.9 Å². The van der Waals surface area contributed by atoms with Crippen LogP contribution in [0.1, 0.15) is 5.56 Å². The van der Waals surface area contributed by atoms with Gasteiger partial charge in [0.2, 0.25) is 5.95 Å². The molecule has 0 saturated heterocycles. The predicted octanol–water partition coefficient (Wildman–Crippen LogP) is 2.67. The van der Waals surface area contributed by atoms with Gasteiger partial charge in [-0.05, 0) is 24.1 Å². The van der Waals surface area contributed by atoms with Gasteiger partial charge in [0, 0.05) is 12.4 Å². The van der Waals surface area contributed by atoms with Crippen molar-refractivity contribution >= 4 is 27.9 Å². The zero-order valence-electron chi connectivity index (χ0n) is 16.6. The van der Waals surface area contributed by atoms with E-state index in [0.29, 0.717) is 40.0 Å². The largest absolute Gasteiger partial charge is 0.394 e. The molecule has 0 spiro atoms. The van der Waals surface area contributed by atoms with Crippen molar-refractivity contribution in [2.24, 2.45) is 0 Å². The minimum Gasteiger partial charge on any atom is -0.394 e. The molecule has 0 fully saturated rings. The number of hydrogen-bond donors (Lipinski definition) is 3. The number of aliphatic hydroxyl groups is 1. The van der Waals surface area contributed by atoms with Crippen LogP contribution in [0.5, 0.6) is 0 Å². The SMILES string of the molecule is O=c1c2c[nH]nc2c2cnc(N[C@H](CO)Cc3ccccc3)nc2n1-c1ccccc1. The standard InChI is InChI=1S/C23H20N6O2/c30-14-16(11-15-7-3-1-4-8-15)26-23-24-12-18-20-19(13-25-28-20)22(31)29(21(18)27-23)17-9-5-2-6-10-17/h1-10,12-13,16,30H,11,14H2,(H,25,28)(H,24,26,27)/t16-/m0/s1. The number of hydrogen-bond acceptors (Lipinski definition) is 6. The highest BCUT2D eigenvalue weighted by Gasteiger charge is 2.17. The van der Waals surface area contributed by atoms with Gasteiger partial charge in [-0.1, -0.05) is 48.5 Å². The Morgan fingerprint density at radius 2 is 1.77 bits per heavy atom. The van der Waals surface area contributed by atoms with Crippen LogP contribution in [0.25, 0.3) is 27.6 Å². The van der Waals surface area contributed by atoms with Crippen LogP contribution in [0.3, 0.4) is 0 Å². The number of rotatable bonds is 6. The van der Waals surface area contributed by atoms with Gasteiger partial charge in [0.25, 0.3) is 5.56 Å². The lowest BCUT2D eigenvalue weighted by molar-refractivity contribution is 0.273. The minimum atomic E-state index is -0.272. The second-order valence-corrected chi connectivity index (χ2v) is 7.27. The van der Waals surface area contributed by atoms with Crippen molar-refractivity contribution in [2.45, 2.75) is 12.5 Å². The zero-order valence-corrected chi connectivity index (χ0v) is 16.6. The van der Waals surface area contributed by atoms with Crippen molar-refractivity contribution in [3.8, 4) is 5.69 Å². The van der Waals surface area contributed by atoms with Crippen LogP contribution in [0.2, 0.25) is 0 Å². The fraction of sp³-hybridized carbons (Fsp3) is 0.130. The molecule has 1 atom stereocenters. The molecule has 5 aromatic rings. The van der Waals surface area contributed by atoms with E-state index in [1.807, 2.05) is 60.7 Å². The maximum absolute atomic E-state index is 13.2. The summed E-state index contributed by atoms with van der Waals surface area (Å²) in [5, 5.41) is 21.2. The van der Waals surface area contributed by atoms with Crippen LogP contribution in [-0.2, 0) is 6.42 Å². The van der Waals surface area contributed by atoms with Gasteiger partial charge in [-0.15, -0.1) is 0 Å². The Morgan fingerprint density at radius 1 is 1.03 bits per heavy atom. The highest BCUT2D eigenvalue weighted by molar-refractivity contribution is 6.02. The molecule has 0 aliphatic carbocycles. The number of aromatic amines is 1. The topological polar surface area (TPSA) is 109 Å². The molecule has 3 heterocycles. The van der Waals surface area contributed by atoms with E-state index >= 15 is 0 Å². The molecular formula is C23H20N6O2. The van der Waals surface area contributed by atoms with Crippen LogP contribution in [-0.4, -0.2) is 42.5 Å². The maximum atomic E-state index is 13.2. The monoisotopic (exact) mass is 412 g/mol. The summed E-state index contributed by atoms with van der Waals surface area (Å²) < 4.78 is 1.56. The summed E-state index contributed by atoms with van der Waals surface area (Å²) in [6.45, 7) is -0.0832. The van der Waals surface area contributed by atoms with Crippen LogP contribution in [0.4, 0.5) is 5.95 Å². The van der Waals surface area contributed by atoms with Crippen molar-refractivity contribution < 1.29 is 5.11 Å². The van der Waals surface area contributed by atoms with E-state index in [0.717, 1.165) is 5.56 Å². The number of benzene rings is 2. The lowest BCUT2D eigenvalue weighted by atomic mass is 10.1. The molecule has 8 nitrogen and oxygen atoms in total. The second-order valence-electron chi connectivity index (χ2n) is 7.27. The number of H-pyrrole nitrogens is 1. The van der Waals surface area contributed by atoms with E-state index in [4.69, 9.17) is 0 Å². The van der Waals surface area contributed by atoms with Gasteiger partial charge < -0.3 is 10.4 Å². The molecule has 0 saturated carbocycles. The van der Waals surface area contributed by atoms with Crippen LogP contribution < -0.4 is 10.9 Å². The Morgan fingerprint density at radius 3 is 2.52 bits per heavy atom. The number of nitrogens with zero attached hydrogens (tertiary/aromatic N) is 4. The third-order valence-corrected chi connectivity index (χ3v) is 5.20. The van der Waals surface area contributed by atoms with E-state index in [1.54, 1.807) is 17.0 Å². The summed E-state index contributed by atoms with van der Waals surface area (Å²) in [6, 6.07) is 19.0. The van der Waals surface area contributed by atoms with Gasteiger partial charge in [0.15, 0.2) is 5.65 Å². The molecule has 8 heteroatoms. The number of anilines is 1. The van der Waals surface area contributed by atoms with E-state index in [2.05, 4.69) is 25.5 Å². The molecule has 0 aliphatic rings. The highest BCUT2D eigenvalue weighted by atomic mass is 16.3. The lowest BCUT2D eigenvalue weighted by Crippen LogP contribution is -2.28. The van der Waals surface area contributed by atoms with Crippen molar-refractivity contribution in [1.82, 2.24) is 24.7 Å². The average molecular weight is 412 g/mol.